The van der Waals surface area contributed by atoms with Crippen LogP contribution in [0, 0.1) is 0 Å². The average molecular weight is 338 g/mol. The van der Waals surface area contributed by atoms with E-state index in [1.165, 1.54) is 0 Å². The van der Waals surface area contributed by atoms with Crippen molar-refractivity contribution in [2.75, 3.05) is 18.0 Å². The number of fused-ring (bicyclic) bond motifs is 1. The summed E-state index contributed by atoms with van der Waals surface area (Å²) in [6.45, 7) is 1.62. The predicted octanol–water partition coefficient (Wildman–Crippen LogP) is 1.74. The number of hydrogen-bond donors (Lipinski definition) is 1. The fourth-order valence-corrected chi connectivity index (χ4v) is 5.43. The summed E-state index contributed by atoms with van der Waals surface area (Å²) < 4.78 is 28.2. The Morgan fingerprint density at radius 1 is 1.32 bits per heavy atom. The average Bonchev–Trinajstić information content (AvgIpc) is 3.27. The third-order valence-electron chi connectivity index (χ3n) is 4.16. The molecule has 1 N–H and O–H groups in total. The molecule has 2 aromatic rings. The molecule has 2 aliphatic rings. The molecule has 0 aromatic carbocycles. The minimum absolute atomic E-state index is 0.00973. The van der Waals surface area contributed by atoms with E-state index < -0.39 is 10.0 Å². The number of hydrogen-bond acceptors (Lipinski definition) is 6. The van der Waals surface area contributed by atoms with Gasteiger partial charge in [0.05, 0.1) is 16.1 Å². The second-order valence-electron chi connectivity index (χ2n) is 5.99. The smallest absolute Gasteiger partial charge is 0.214 e. The molecule has 1 atom stereocenters. The van der Waals surface area contributed by atoms with Gasteiger partial charge in [0.15, 0.2) is 5.13 Å². The first kappa shape index (κ1) is 14.3. The second-order valence-corrected chi connectivity index (χ2v) is 8.99. The van der Waals surface area contributed by atoms with Crippen LogP contribution in [0.1, 0.15) is 25.7 Å². The van der Waals surface area contributed by atoms with Gasteiger partial charge in [-0.2, -0.15) is 0 Å². The minimum Gasteiger partial charge on any atom is -0.346 e. The molecule has 0 bridgehead atoms. The van der Waals surface area contributed by atoms with Crippen molar-refractivity contribution in [2.24, 2.45) is 0 Å². The van der Waals surface area contributed by atoms with E-state index in [0.717, 1.165) is 47.6 Å². The van der Waals surface area contributed by atoms with Gasteiger partial charge in [0, 0.05) is 25.3 Å². The molecule has 2 aromatic heterocycles. The molecule has 1 aliphatic carbocycles. The Labute approximate surface area is 133 Å². The highest BCUT2D eigenvalue weighted by Gasteiger charge is 2.37. The first-order valence-corrected chi connectivity index (χ1v) is 9.95. The number of pyridine rings is 1. The molecular weight excluding hydrogens is 320 g/mol. The minimum atomic E-state index is -3.12. The second kappa shape index (κ2) is 5.43. The molecule has 1 saturated heterocycles. The normalized spacial score (nSPS) is 23.1. The maximum Gasteiger partial charge on any atom is 0.214 e. The van der Waals surface area contributed by atoms with Gasteiger partial charge >= 0.3 is 0 Å². The number of aromatic nitrogens is 2. The van der Waals surface area contributed by atoms with Crippen molar-refractivity contribution in [2.45, 2.75) is 37.0 Å². The molecule has 22 heavy (non-hydrogen) atoms. The van der Waals surface area contributed by atoms with Gasteiger partial charge in [-0.15, -0.1) is 0 Å². The molecule has 1 unspecified atom stereocenters. The van der Waals surface area contributed by atoms with Crippen molar-refractivity contribution in [3.8, 4) is 0 Å². The van der Waals surface area contributed by atoms with Crippen molar-refractivity contribution in [1.29, 1.82) is 0 Å². The number of piperidine rings is 1. The first-order chi connectivity index (χ1) is 10.6. The molecule has 6 nitrogen and oxygen atoms in total. The van der Waals surface area contributed by atoms with Gasteiger partial charge in [-0.05, 0) is 31.7 Å². The lowest BCUT2D eigenvalue weighted by atomic mass is 10.1. The van der Waals surface area contributed by atoms with Gasteiger partial charge in [0.1, 0.15) is 5.52 Å². The van der Waals surface area contributed by atoms with Crippen LogP contribution in [0.5, 0.6) is 0 Å². The van der Waals surface area contributed by atoms with Crippen LogP contribution in [-0.4, -0.2) is 42.8 Å². The van der Waals surface area contributed by atoms with Gasteiger partial charge in [-0.1, -0.05) is 11.3 Å². The Balaban J connectivity index is 1.50. The third kappa shape index (κ3) is 2.82. The van der Waals surface area contributed by atoms with E-state index in [1.54, 1.807) is 23.7 Å². The highest BCUT2D eigenvalue weighted by molar-refractivity contribution is 7.90. The van der Waals surface area contributed by atoms with Crippen molar-refractivity contribution in [1.82, 2.24) is 14.7 Å². The fraction of sp³-hybridized carbons (Fsp3) is 0.571. The van der Waals surface area contributed by atoms with Crippen LogP contribution in [0.15, 0.2) is 18.5 Å². The van der Waals surface area contributed by atoms with Crippen LogP contribution in [0.2, 0.25) is 0 Å². The van der Waals surface area contributed by atoms with Crippen molar-refractivity contribution >= 4 is 36.7 Å². The summed E-state index contributed by atoms with van der Waals surface area (Å²) in [7, 11) is -3.12. The highest BCUT2D eigenvalue weighted by Crippen LogP contribution is 2.31. The van der Waals surface area contributed by atoms with Gasteiger partial charge < -0.3 is 4.90 Å². The summed E-state index contributed by atoms with van der Waals surface area (Å²) in [6.07, 6.45) is 7.02. The number of nitrogens with zero attached hydrogens (tertiary/aromatic N) is 3. The van der Waals surface area contributed by atoms with E-state index in [9.17, 15) is 8.42 Å². The summed E-state index contributed by atoms with van der Waals surface area (Å²) in [6, 6.07) is 1.96. The summed E-state index contributed by atoms with van der Waals surface area (Å²) in [5.74, 6) is 0. The summed E-state index contributed by atoms with van der Waals surface area (Å²) >= 11 is 1.64. The number of nitrogens with one attached hydrogen (secondary N) is 1. The zero-order chi connectivity index (χ0) is 15.2. The summed E-state index contributed by atoms with van der Waals surface area (Å²) in [5.41, 5.74) is 0.906. The van der Waals surface area contributed by atoms with Crippen LogP contribution in [-0.2, 0) is 10.0 Å². The molecule has 2 fully saturated rings. The first-order valence-electron chi connectivity index (χ1n) is 7.58. The zero-order valence-corrected chi connectivity index (χ0v) is 13.7. The van der Waals surface area contributed by atoms with Crippen LogP contribution in [0.3, 0.4) is 0 Å². The molecule has 0 spiro atoms. The monoisotopic (exact) mass is 338 g/mol. The topological polar surface area (TPSA) is 75.2 Å². The maximum atomic E-state index is 12.1. The van der Waals surface area contributed by atoms with E-state index >= 15 is 0 Å². The van der Waals surface area contributed by atoms with E-state index in [0.29, 0.717) is 6.54 Å². The van der Waals surface area contributed by atoms with Gasteiger partial charge in [-0.25, -0.2) is 18.1 Å². The quantitative estimate of drug-likeness (QED) is 0.919. The van der Waals surface area contributed by atoms with E-state index in [1.807, 2.05) is 6.07 Å². The Hall–Kier alpha value is -1.25. The van der Waals surface area contributed by atoms with Crippen molar-refractivity contribution in [3.63, 3.8) is 0 Å². The van der Waals surface area contributed by atoms with E-state index in [2.05, 4.69) is 19.6 Å². The van der Waals surface area contributed by atoms with Gasteiger partial charge in [-0.3, -0.25) is 4.98 Å². The molecule has 8 heteroatoms. The summed E-state index contributed by atoms with van der Waals surface area (Å²) in [5, 5.41) is 0.801. The summed E-state index contributed by atoms with van der Waals surface area (Å²) in [4.78, 5) is 10.9. The highest BCUT2D eigenvalue weighted by atomic mass is 32.2. The van der Waals surface area contributed by atoms with Gasteiger partial charge in [0.25, 0.3) is 0 Å². The van der Waals surface area contributed by atoms with Gasteiger partial charge in [0.2, 0.25) is 10.0 Å². The molecule has 0 amide bonds. The van der Waals surface area contributed by atoms with Crippen LogP contribution in [0.25, 0.3) is 10.2 Å². The Kier molecular flexibility index (Phi) is 3.54. The molecular formula is C14H18N4O2S2. The van der Waals surface area contributed by atoms with Crippen molar-refractivity contribution < 1.29 is 8.42 Å². The number of thiazole rings is 1. The van der Waals surface area contributed by atoms with Crippen LogP contribution < -0.4 is 9.62 Å². The maximum absolute atomic E-state index is 12.1. The zero-order valence-electron chi connectivity index (χ0n) is 12.1. The number of anilines is 1. The predicted molar refractivity (Wildman–Crippen MR) is 87.7 cm³/mol. The van der Waals surface area contributed by atoms with Crippen LogP contribution in [0.4, 0.5) is 5.13 Å². The molecule has 118 valence electrons. The lowest BCUT2D eigenvalue weighted by molar-refractivity contribution is 0.465. The lowest BCUT2D eigenvalue weighted by Crippen LogP contribution is -2.48. The lowest BCUT2D eigenvalue weighted by Gasteiger charge is -2.32. The van der Waals surface area contributed by atoms with Crippen LogP contribution >= 0.6 is 11.3 Å². The molecule has 1 saturated carbocycles. The van der Waals surface area contributed by atoms with Crippen molar-refractivity contribution in [3.05, 3.63) is 18.5 Å². The Bertz CT molecular complexity index is 752. The molecule has 0 radical (unpaired) electrons. The molecule has 1 aliphatic heterocycles. The SMILES string of the molecule is O=S(=O)(NC1CCCN(c2nc3cnccc3s2)C1)C1CC1. The Morgan fingerprint density at radius 2 is 2.18 bits per heavy atom. The van der Waals surface area contributed by atoms with E-state index in [4.69, 9.17) is 0 Å². The molecule has 4 rings (SSSR count). The third-order valence-corrected chi connectivity index (χ3v) is 7.27. The Morgan fingerprint density at radius 3 is 2.95 bits per heavy atom. The number of sulfonamides is 1. The number of rotatable bonds is 4. The molecule has 3 heterocycles. The fourth-order valence-electron chi connectivity index (χ4n) is 2.86. The van der Waals surface area contributed by atoms with E-state index in [-0.39, 0.29) is 11.3 Å². The standard InChI is InChI=1S/C14H18N4O2S2/c19-22(20,11-3-4-11)17-10-2-1-7-18(9-10)14-16-12-8-15-6-5-13(12)21-14/h5-6,8,10-11,17H,1-4,7,9H2. The largest absolute Gasteiger partial charge is 0.346 e.